The van der Waals surface area contributed by atoms with Crippen LogP contribution in [0, 0.1) is 5.41 Å². The van der Waals surface area contributed by atoms with E-state index in [9.17, 15) is 19.2 Å². The Labute approximate surface area is 203 Å². The van der Waals surface area contributed by atoms with Crippen molar-refractivity contribution in [2.75, 3.05) is 20.8 Å². The molecule has 0 bridgehead atoms. The first-order chi connectivity index (χ1) is 11.5. The SMILES string of the molecule is COC(=O)CNC(=O)C(CC(C)(C)C)NC(=O)CCC([NH-])C(=O)OC.[Rb+]. The quantitative estimate of drug-likeness (QED) is 0.381. The fraction of sp³-hybridized carbons (Fsp3) is 0.750. The molecule has 26 heavy (non-hydrogen) atoms. The van der Waals surface area contributed by atoms with Gasteiger partial charge in [-0.2, -0.15) is 0 Å². The molecule has 0 heterocycles. The van der Waals surface area contributed by atoms with Crippen LogP contribution in [0.15, 0.2) is 0 Å². The van der Waals surface area contributed by atoms with Crippen molar-refractivity contribution in [2.45, 2.75) is 52.1 Å². The van der Waals surface area contributed by atoms with Crippen LogP contribution in [0.4, 0.5) is 0 Å². The minimum absolute atomic E-state index is 0. The Balaban J connectivity index is 0. The smallest absolute Gasteiger partial charge is 0.665 e. The Hall–Kier alpha value is -0.355. The van der Waals surface area contributed by atoms with Gasteiger partial charge in [-0.3, -0.25) is 19.2 Å². The van der Waals surface area contributed by atoms with Crippen molar-refractivity contribution >= 4 is 23.8 Å². The molecule has 2 atom stereocenters. The first-order valence-electron chi connectivity index (χ1n) is 7.93. The van der Waals surface area contributed by atoms with E-state index >= 15 is 0 Å². The van der Waals surface area contributed by atoms with Crippen LogP contribution in [0.2, 0.25) is 0 Å². The van der Waals surface area contributed by atoms with Gasteiger partial charge in [-0.1, -0.05) is 27.2 Å². The topological polar surface area (TPSA) is 135 Å². The van der Waals surface area contributed by atoms with Crippen molar-refractivity contribution in [3.8, 4) is 0 Å². The van der Waals surface area contributed by atoms with Gasteiger partial charge >= 0.3 is 64.2 Å². The average Bonchev–Trinajstić information content (AvgIpc) is 2.54. The number of rotatable bonds is 9. The summed E-state index contributed by atoms with van der Waals surface area (Å²) in [5, 5.41) is 5.00. The van der Waals surface area contributed by atoms with Gasteiger partial charge in [0.1, 0.15) is 12.6 Å². The summed E-state index contributed by atoms with van der Waals surface area (Å²) < 4.78 is 8.88. The predicted molar refractivity (Wildman–Crippen MR) is 90.4 cm³/mol. The minimum Gasteiger partial charge on any atom is -0.665 e. The zero-order valence-electron chi connectivity index (χ0n) is 16.4. The van der Waals surface area contributed by atoms with E-state index in [1.165, 1.54) is 14.2 Å². The van der Waals surface area contributed by atoms with Gasteiger partial charge in [0.15, 0.2) is 0 Å². The Morgan fingerprint density at radius 3 is 2.12 bits per heavy atom. The van der Waals surface area contributed by atoms with Gasteiger partial charge in [-0.25, -0.2) is 0 Å². The molecule has 0 radical (unpaired) electrons. The summed E-state index contributed by atoms with van der Waals surface area (Å²) in [6.07, 6.45) is 0.256. The normalized spacial score (nSPS) is 12.8. The molecule has 0 aromatic carbocycles. The Kier molecular flexibility index (Phi) is 14.7. The molecule has 0 aliphatic rings. The van der Waals surface area contributed by atoms with Crippen LogP contribution in [0.25, 0.3) is 5.73 Å². The molecule has 0 aromatic heterocycles. The number of hydrogen-bond acceptors (Lipinski definition) is 6. The first-order valence-corrected chi connectivity index (χ1v) is 7.93. The van der Waals surface area contributed by atoms with Crippen LogP contribution in [0.3, 0.4) is 0 Å². The fourth-order valence-corrected chi connectivity index (χ4v) is 1.98. The maximum absolute atomic E-state index is 12.2. The molecule has 144 valence electrons. The summed E-state index contributed by atoms with van der Waals surface area (Å²) in [5.41, 5.74) is 7.29. The van der Waals surface area contributed by atoms with Gasteiger partial charge in [0.2, 0.25) is 11.8 Å². The number of nitrogens with one attached hydrogen (secondary N) is 3. The van der Waals surface area contributed by atoms with Gasteiger partial charge in [0.25, 0.3) is 5.97 Å². The van der Waals surface area contributed by atoms with Gasteiger partial charge in [0, 0.05) is 6.42 Å². The molecule has 10 heteroatoms. The third kappa shape index (κ3) is 12.9. The molecule has 2 amide bonds. The number of ether oxygens (including phenoxy) is 2. The van der Waals surface area contributed by atoms with E-state index in [2.05, 4.69) is 20.1 Å². The van der Waals surface area contributed by atoms with E-state index in [0.717, 1.165) is 0 Å². The van der Waals surface area contributed by atoms with Gasteiger partial charge in [-0.05, 0) is 17.9 Å². The molecule has 3 N–H and O–H groups in total. The molecule has 2 unspecified atom stereocenters. The number of methoxy groups -OCH3 is 2. The minimum atomic E-state index is -1.15. The zero-order valence-corrected chi connectivity index (χ0v) is 21.3. The van der Waals surface area contributed by atoms with Crippen LogP contribution in [-0.2, 0) is 28.7 Å². The summed E-state index contributed by atoms with van der Waals surface area (Å²) in [6, 6.07) is -1.98. The summed E-state index contributed by atoms with van der Waals surface area (Å²) in [5.74, 6) is -2.26. The summed E-state index contributed by atoms with van der Waals surface area (Å²) in [7, 11) is 2.39. The Morgan fingerprint density at radius 2 is 1.65 bits per heavy atom. The van der Waals surface area contributed by atoms with Crippen molar-refractivity contribution in [1.82, 2.24) is 10.6 Å². The maximum atomic E-state index is 12.2. The Bertz CT molecular complexity index is 493. The van der Waals surface area contributed by atoms with E-state index in [1.54, 1.807) is 0 Å². The summed E-state index contributed by atoms with van der Waals surface area (Å²) in [6.45, 7) is 5.45. The van der Waals surface area contributed by atoms with E-state index in [-0.39, 0.29) is 83.0 Å². The van der Waals surface area contributed by atoms with Crippen molar-refractivity contribution in [3.63, 3.8) is 0 Å². The third-order valence-corrected chi connectivity index (χ3v) is 3.25. The molecular weight excluding hydrogens is 416 g/mol. The van der Waals surface area contributed by atoms with Gasteiger partial charge in [-0.15, -0.1) is 0 Å². The van der Waals surface area contributed by atoms with Gasteiger partial charge in [0.05, 0.1) is 14.2 Å². The largest absolute Gasteiger partial charge is 1.00 e. The summed E-state index contributed by atoms with van der Waals surface area (Å²) >= 11 is 0. The number of hydrogen-bond donors (Lipinski definition) is 2. The van der Waals surface area contributed by atoms with Gasteiger partial charge < -0.3 is 25.8 Å². The first kappa shape index (κ1) is 27.9. The molecule has 0 fully saturated rings. The molecule has 9 nitrogen and oxygen atoms in total. The van der Waals surface area contributed by atoms with Crippen molar-refractivity contribution in [1.29, 1.82) is 0 Å². The van der Waals surface area contributed by atoms with E-state index in [1.807, 2.05) is 20.8 Å². The standard InChI is InChI=1S/C16H28N3O6.Rb/c1-16(2,3)8-11(14(22)18-9-13(21)24-4)19-12(20)7-6-10(17)15(23)25-5;/h10-11,17H,6-9H2,1-5H3,(H,18,22)(H,19,20);/q-1;+1. The number of carbonyl (C=O) groups excluding carboxylic acids is 4. The zero-order chi connectivity index (χ0) is 19.6. The average molecular weight is 444 g/mol. The number of amides is 2. The molecule has 0 aliphatic heterocycles. The van der Waals surface area contributed by atoms with Crippen LogP contribution < -0.4 is 68.8 Å². The molecule has 0 rings (SSSR count). The maximum Gasteiger partial charge on any atom is 1.00 e. The van der Waals surface area contributed by atoms with Crippen LogP contribution >= 0.6 is 0 Å². The number of esters is 2. The number of carbonyl (C=O) groups is 4. The fourth-order valence-electron chi connectivity index (χ4n) is 1.98. The van der Waals surface area contributed by atoms with Crippen molar-refractivity contribution in [3.05, 3.63) is 5.73 Å². The molecule has 0 aromatic rings. The van der Waals surface area contributed by atoms with Crippen LogP contribution in [0.5, 0.6) is 0 Å². The van der Waals surface area contributed by atoms with Crippen molar-refractivity contribution in [2.24, 2.45) is 5.41 Å². The molecule has 0 aliphatic carbocycles. The van der Waals surface area contributed by atoms with Crippen molar-refractivity contribution < 1.29 is 86.8 Å². The van der Waals surface area contributed by atoms with Crippen LogP contribution in [0.1, 0.15) is 40.0 Å². The predicted octanol–water partition coefficient (Wildman–Crippen LogP) is -2.43. The van der Waals surface area contributed by atoms with E-state index in [4.69, 9.17) is 5.73 Å². The second-order valence-corrected chi connectivity index (χ2v) is 6.79. The Morgan fingerprint density at radius 1 is 1.08 bits per heavy atom. The molecular formula is C16H28N3O6Rb. The summed E-state index contributed by atoms with van der Waals surface area (Å²) in [4.78, 5) is 46.6. The monoisotopic (exact) mass is 443 g/mol. The second-order valence-electron chi connectivity index (χ2n) is 6.79. The van der Waals surface area contributed by atoms with E-state index < -0.39 is 35.8 Å². The van der Waals surface area contributed by atoms with E-state index in [0.29, 0.717) is 6.42 Å². The third-order valence-electron chi connectivity index (χ3n) is 3.25. The van der Waals surface area contributed by atoms with Crippen LogP contribution in [-0.4, -0.2) is 56.6 Å². The molecule has 0 spiro atoms. The molecule has 0 saturated heterocycles. The second kappa shape index (κ2) is 13.8. The molecule has 0 saturated carbocycles.